The van der Waals surface area contributed by atoms with Crippen LogP contribution in [0.5, 0.6) is 5.75 Å². The maximum atomic E-state index is 11.9. The molecule has 1 amide bonds. The van der Waals surface area contributed by atoms with Crippen LogP contribution in [0.2, 0.25) is 0 Å². The van der Waals surface area contributed by atoms with Gasteiger partial charge in [-0.3, -0.25) is 4.79 Å². The molecule has 5 heteroatoms. The number of amides is 1. The lowest BCUT2D eigenvalue weighted by Gasteiger charge is -2.08. The van der Waals surface area contributed by atoms with Gasteiger partial charge >= 0.3 is 0 Å². The van der Waals surface area contributed by atoms with E-state index in [1.54, 1.807) is 24.3 Å². The molecule has 0 unspecified atom stereocenters. The van der Waals surface area contributed by atoms with Crippen molar-refractivity contribution in [3.63, 3.8) is 0 Å². The molecule has 92 valence electrons. The van der Waals surface area contributed by atoms with Crippen molar-refractivity contribution >= 4 is 23.0 Å². The summed E-state index contributed by atoms with van der Waals surface area (Å²) in [5, 5.41) is 12.1. The first-order valence-electron chi connectivity index (χ1n) is 5.31. The minimum atomic E-state index is -0.379. The zero-order chi connectivity index (χ0) is 13.1. The molecule has 0 radical (unpaired) electrons. The van der Waals surface area contributed by atoms with E-state index >= 15 is 0 Å². The Kier molecular flexibility index (Phi) is 3.05. The van der Waals surface area contributed by atoms with E-state index in [2.05, 4.69) is 5.32 Å². The van der Waals surface area contributed by atoms with Crippen LogP contribution < -0.4 is 16.8 Å². The summed E-state index contributed by atoms with van der Waals surface area (Å²) in [6.07, 6.45) is 0. The van der Waals surface area contributed by atoms with Crippen LogP contribution in [0.15, 0.2) is 42.5 Å². The fourth-order valence-electron chi connectivity index (χ4n) is 1.58. The first kappa shape index (κ1) is 11.8. The molecule has 0 fully saturated rings. The van der Waals surface area contributed by atoms with Gasteiger partial charge in [-0.25, -0.2) is 0 Å². The second kappa shape index (κ2) is 4.67. The lowest BCUT2D eigenvalue weighted by atomic mass is 10.1. The van der Waals surface area contributed by atoms with Crippen molar-refractivity contribution in [3.8, 4) is 5.75 Å². The molecule has 0 aliphatic heterocycles. The highest BCUT2D eigenvalue weighted by atomic mass is 16.3. The highest BCUT2D eigenvalue weighted by molar-refractivity contribution is 6.06. The number of phenols is 1. The Bertz CT molecular complexity index is 576. The Morgan fingerprint density at radius 1 is 1.06 bits per heavy atom. The predicted molar refractivity (Wildman–Crippen MR) is 71.3 cm³/mol. The SMILES string of the molecule is Nc1cc(N)cc(C(=O)Nc2ccccc2O)c1. The number of benzene rings is 2. The maximum absolute atomic E-state index is 11.9. The Morgan fingerprint density at radius 3 is 2.28 bits per heavy atom. The Labute approximate surface area is 104 Å². The number of nitrogens with one attached hydrogen (secondary N) is 1. The van der Waals surface area contributed by atoms with Crippen LogP contribution in [0.3, 0.4) is 0 Å². The van der Waals surface area contributed by atoms with E-state index in [0.29, 0.717) is 22.6 Å². The van der Waals surface area contributed by atoms with Crippen molar-refractivity contribution in [2.45, 2.75) is 0 Å². The molecule has 0 atom stereocenters. The van der Waals surface area contributed by atoms with Crippen LogP contribution in [-0.2, 0) is 0 Å². The second-order valence-electron chi connectivity index (χ2n) is 3.86. The molecule has 0 aliphatic carbocycles. The highest BCUT2D eigenvalue weighted by Crippen LogP contribution is 2.23. The summed E-state index contributed by atoms with van der Waals surface area (Å²) in [4.78, 5) is 11.9. The zero-order valence-corrected chi connectivity index (χ0v) is 9.55. The summed E-state index contributed by atoms with van der Waals surface area (Å²) in [6, 6.07) is 11.1. The molecule has 0 saturated heterocycles. The van der Waals surface area contributed by atoms with Crippen LogP contribution in [0.1, 0.15) is 10.4 Å². The maximum Gasteiger partial charge on any atom is 0.255 e. The average Bonchev–Trinajstić information content (AvgIpc) is 2.31. The van der Waals surface area contributed by atoms with Crippen molar-refractivity contribution < 1.29 is 9.90 Å². The molecule has 2 rings (SSSR count). The monoisotopic (exact) mass is 243 g/mol. The molecule has 0 spiro atoms. The number of carbonyl (C=O) groups is 1. The average molecular weight is 243 g/mol. The number of aromatic hydroxyl groups is 1. The number of hydrogen-bond acceptors (Lipinski definition) is 4. The summed E-state index contributed by atoms with van der Waals surface area (Å²) >= 11 is 0. The van der Waals surface area contributed by atoms with E-state index in [9.17, 15) is 9.90 Å². The number of para-hydroxylation sites is 2. The fraction of sp³-hybridized carbons (Fsp3) is 0. The van der Waals surface area contributed by atoms with Gasteiger partial charge in [0.25, 0.3) is 5.91 Å². The van der Waals surface area contributed by atoms with E-state index < -0.39 is 0 Å². The van der Waals surface area contributed by atoms with Crippen LogP contribution in [0.25, 0.3) is 0 Å². The van der Waals surface area contributed by atoms with Gasteiger partial charge in [-0.15, -0.1) is 0 Å². The summed E-state index contributed by atoms with van der Waals surface area (Å²) in [7, 11) is 0. The van der Waals surface area contributed by atoms with Crippen LogP contribution in [-0.4, -0.2) is 11.0 Å². The second-order valence-corrected chi connectivity index (χ2v) is 3.86. The topological polar surface area (TPSA) is 101 Å². The third-order valence-electron chi connectivity index (χ3n) is 2.39. The summed E-state index contributed by atoms with van der Waals surface area (Å²) in [6.45, 7) is 0. The van der Waals surface area contributed by atoms with Crippen molar-refractivity contribution in [2.24, 2.45) is 0 Å². The molecule has 6 N–H and O–H groups in total. The number of nitrogen functional groups attached to an aromatic ring is 2. The molecule has 0 bridgehead atoms. The van der Waals surface area contributed by atoms with Gasteiger partial charge in [-0.05, 0) is 30.3 Å². The normalized spacial score (nSPS) is 10.0. The van der Waals surface area contributed by atoms with E-state index in [4.69, 9.17) is 11.5 Å². The van der Waals surface area contributed by atoms with E-state index in [1.165, 1.54) is 18.2 Å². The van der Waals surface area contributed by atoms with E-state index in [-0.39, 0.29) is 11.7 Å². The summed E-state index contributed by atoms with van der Waals surface area (Å²) in [5.41, 5.74) is 12.7. The van der Waals surface area contributed by atoms with Crippen LogP contribution in [0, 0.1) is 0 Å². The van der Waals surface area contributed by atoms with Crippen molar-refractivity contribution in [1.82, 2.24) is 0 Å². The Hall–Kier alpha value is -2.69. The first-order chi connectivity index (χ1) is 8.56. The van der Waals surface area contributed by atoms with Gasteiger partial charge in [0.1, 0.15) is 5.75 Å². The lowest BCUT2D eigenvalue weighted by molar-refractivity contribution is 0.102. The zero-order valence-electron chi connectivity index (χ0n) is 9.55. The molecular formula is C13H13N3O2. The molecule has 2 aromatic carbocycles. The highest BCUT2D eigenvalue weighted by Gasteiger charge is 2.09. The van der Waals surface area contributed by atoms with Gasteiger partial charge in [0.15, 0.2) is 0 Å². The summed E-state index contributed by atoms with van der Waals surface area (Å²) in [5.74, 6) is -0.377. The number of hydrogen-bond donors (Lipinski definition) is 4. The Morgan fingerprint density at radius 2 is 1.67 bits per heavy atom. The van der Waals surface area contributed by atoms with Crippen molar-refractivity contribution in [3.05, 3.63) is 48.0 Å². The van der Waals surface area contributed by atoms with E-state index in [1.807, 2.05) is 0 Å². The molecule has 0 aromatic heterocycles. The lowest BCUT2D eigenvalue weighted by Crippen LogP contribution is -2.12. The molecule has 5 nitrogen and oxygen atoms in total. The number of nitrogens with two attached hydrogens (primary N) is 2. The summed E-state index contributed by atoms with van der Waals surface area (Å²) < 4.78 is 0. The third kappa shape index (κ3) is 2.52. The fourth-order valence-corrected chi connectivity index (χ4v) is 1.58. The number of anilines is 3. The van der Waals surface area contributed by atoms with Gasteiger partial charge in [0.05, 0.1) is 5.69 Å². The van der Waals surface area contributed by atoms with Gasteiger partial charge < -0.3 is 21.9 Å². The quantitative estimate of drug-likeness (QED) is 0.477. The molecule has 0 aliphatic rings. The minimum Gasteiger partial charge on any atom is -0.506 e. The molecule has 0 heterocycles. The molecule has 0 saturated carbocycles. The number of carbonyl (C=O) groups excluding carboxylic acids is 1. The van der Waals surface area contributed by atoms with Crippen molar-refractivity contribution in [2.75, 3.05) is 16.8 Å². The molecule has 2 aromatic rings. The van der Waals surface area contributed by atoms with Crippen LogP contribution >= 0.6 is 0 Å². The smallest absolute Gasteiger partial charge is 0.255 e. The van der Waals surface area contributed by atoms with Gasteiger partial charge in [0.2, 0.25) is 0 Å². The third-order valence-corrected chi connectivity index (χ3v) is 2.39. The first-order valence-corrected chi connectivity index (χ1v) is 5.31. The number of phenolic OH excluding ortho intramolecular Hbond substituents is 1. The molecule has 18 heavy (non-hydrogen) atoms. The predicted octanol–water partition coefficient (Wildman–Crippen LogP) is 1.81. The van der Waals surface area contributed by atoms with Gasteiger partial charge in [-0.2, -0.15) is 0 Å². The van der Waals surface area contributed by atoms with E-state index in [0.717, 1.165) is 0 Å². The number of rotatable bonds is 2. The molecular weight excluding hydrogens is 230 g/mol. The Balaban J connectivity index is 2.25. The van der Waals surface area contributed by atoms with Crippen molar-refractivity contribution in [1.29, 1.82) is 0 Å². The standard InChI is InChI=1S/C13H13N3O2/c14-9-5-8(6-10(15)7-9)13(18)16-11-3-1-2-4-12(11)17/h1-7,17H,14-15H2,(H,16,18). The van der Waals surface area contributed by atoms with Crippen LogP contribution in [0.4, 0.5) is 17.1 Å². The van der Waals surface area contributed by atoms with Gasteiger partial charge in [0, 0.05) is 16.9 Å². The largest absolute Gasteiger partial charge is 0.506 e. The minimum absolute atomic E-state index is 0.00252. The van der Waals surface area contributed by atoms with Gasteiger partial charge in [-0.1, -0.05) is 12.1 Å².